The molecule has 0 aromatic heterocycles. The smallest absolute Gasteiger partial charge is 0.338 e. The predicted molar refractivity (Wildman–Crippen MR) is 60.9 cm³/mol. The van der Waals surface area contributed by atoms with E-state index < -0.39 is 46.9 Å². The number of esters is 1. The molecule has 0 heterocycles. The monoisotopic (exact) mass is 290 g/mol. The molecule has 0 bridgehead atoms. The number of carbonyl (C=O) groups is 2. The van der Waals surface area contributed by atoms with Crippen LogP contribution in [0.3, 0.4) is 0 Å². The molecule has 2 unspecified atom stereocenters. The minimum Gasteiger partial charge on any atom is -0.478 e. The molecule has 0 amide bonds. The van der Waals surface area contributed by atoms with Gasteiger partial charge in [-0.3, -0.25) is 0 Å². The van der Waals surface area contributed by atoms with E-state index in [0.29, 0.717) is 12.1 Å². The molecule has 0 fully saturated rings. The summed E-state index contributed by atoms with van der Waals surface area (Å²) in [6.07, 6.45) is -4.40. The number of carbonyl (C=O) groups excluding carboxylic acids is 1. The van der Waals surface area contributed by atoms with E-state index >= 15 is 0 Å². The lowest BCUT2D eigenvalue weighted by Gasteiger charge is -2.18. The maximum Gasteiger partial charge on any atom is 0.338 e. The van der Waals surface area contributed by atoms with Crippen LogP contribution in [0.2, 0.25) is 0 Å². The average molecular weight is 290 g/mol. The van der Waals surface area contributed by atoms with Crippen LogP contribution in [-0.4, -0.2) is 40.0 Å². The average Bonchev–Trinajstić information content (AvgIpc) is 2.36. The third kappa shape index (κ3) is 3.28. The van der Waals surface area contributed by atoms with Crippen molar-refractivity contribution in [1.29, 1.82) is 0 Å². The molecule has 6 nitrogen and oxygen atoms in total. The van der Waals surface area contributed by atoms with Crippen molar-refractivity contribution in [2.24, 2.45) is 0 Å². The minimum atomic E-state index is -2.21. The van der Waals surface area contributed by atoms with E-state index in [1.54, 1.807) is 0 Å². The zero-order valence-electron chi connectivity index (χ0n) is 10.3. The van der Waals surface area contributed by atoms with Crippen molar-refractivity contribution in [3.8, 4) is 0 Å². The summed E-state index contributed by atoms with van der Waals surface area (Å²) in [7, 11) is 0. The van der Waals surface area contributed by atoms with Crippen LogP contribution in [0.5, 0.6) is 0 Å². The second-order valence-corrected chi connectivity index (χ2v) is 3.80. The van der Waals surface area contributed by atoms with Crippen LogP contribution >= 0.6 is 0 Å². The molecule has 3 N–H and O–H groups in total. The number of carboxylic acids is 1. The molecular formula is C12H12F2O6. The van der Waals surface area contributed by atoms with Crippen molar-refractivity contribution in [1.82, 2.24) is 0 Å². The van der Waals surface area contributed by atoms with Crippen molar-refractivity contribution < 1.29 is 38.4 Å². The molecule has 0 aliphatic carbocycles. The molecule has 0 spiro atoms. The molecule has 0 aliphatic heterocycles. The molecule has 0 aliphatic rings. The Labute approximate surface area is 112 Å². The molecule has 1 aromatic rings. The molecule has 110 valence electrons. The fourth-order valence-electron chi connectivity index (χ4n) is 1.50. The van der Waals surface area contributed by atoms with Crippen LogP contribution < -0.4 is 0 Å². The Morgan fingerprint density at radius 2 is 1.75 bits per heavy atom. The zero-order chi connectivity index (χ0) is 15.4. The van der Waals surface area contributed by atoms with Crippen molar-refractivity contribution in [2.75, 3.05) is 6.61 Å². The van der Waals surface area contributed by atoms with Gasteiger partial charge in [0.2, 0.25) is 0 Å². The molecular weight excluding hydrogens is 278 g/mol. The number of ether oxygens (including phenoxy) is 1. The van der Waals surface area contributed by atoms with Gasteiger partial charge in [0.15, 0.2) is 6.10 Å². The molecule has 2 atom stereocenters. The quantitative estimate of drug-likeness (QED) is 0.687. The van der Waals surface area contributed by atoms with Crippen molar-refractivity contribution in [3.63, 3.8) is 0 Å². The number of carboxylic acid groups (broad SMARTS) is 1. The number of hydrogen-bond acceptors (Lipinski definition) is 5. The highest BCUT2D eigenvalue weighted by atomic mass is 19.1. The number of hydrogen-bond donors (Lipinski definition) is 3. The van der Waals surface area contributed by atoms with Gasteiger partial charge in [0.25, 0.3) is 0 Å². The Bertz CT molecular complexity index is 508. The predicted octanol–water partition coefficient (Wildman–Crippen LogP) is 0.620. The fourth-order valence-corrected chi connectivity index (χ4v) is 1.50. The summed E-state index contributed by atoms with van der Waals surface area (Å²) >= 11 is 0. The van der Waals surface area contributed by atoms with Gasteiger partial charge in [-0.15, -0.1) is 0 Å². The fraction of sp³-hybridized carbons (Fsp3) is 0.333. The van der Waals surface area contributed by atoms with E-state index in [1.165, 1.54) is 6.92 Å². The first-order valence-electron chi connectivity index (χ1n) is 5.54. The maximum absolute atomic E-state index is 13.6. The maximum atomic E-state index is 13.6. The van der Waals surface area contributed by atoms with Gasteiger partial charge in [0.1, 0.15) is 17.7 Å². The van der Waals surface area contributed by atoms with Crippen LogP contribution in [0.15, 0.2) is 12.1 Å². The van der Waals surface area contributed by atoms with Crippen LogP contribution in [0.25, 0.3) is 0 Å². The van der Waals surface area contributed by atoms with E-state index in [4.69, 9.17) is 5.11 Å². The number of aliphatic hydroxyl groups is 2. The zero-order valence-corrected chi connectivity index (χ0v) is 10.3. The van der Waals surface area contributed by atoms with E-state index in [2.05, 4.69) is 4.74 Å². The summed E-state index contributed by atoms with van der Waals surface area (Å²) in [5.41, 5.74) is -1.67. The highest BCUT2D eigenvalue weighted by molar-refractivity contribution is 5.87. The summed E-state index contributed by atoms with van der Waals surface area (Å²) in [5, 5.41) is 27.6. The van der Waals surface area contributed by atoms with Gasteiger partial charge < -0.3 is 20.1 Å². The van der Waals surface area contributed by atoms with Crippen LogP contribution in [0, 0.1) is 11.6 Å². The van der Waals surface area contributed by atoms with Gasteiger partial charge in [-0.25, -0.2) is 18.4 Å². The van der Waals surface area contributed by atoms with E-state index in [9.17, 15) is 28.6 Å². The summed E-state index contributed by atoms with van der Waals surface area (Å²) in [6, 6.07) is 0.948. The van der Waals surface area contributed by atoms with E-state index in [0.717, 1.165) is 0 Å². The number of aliphatic hydroxyl groups excluding tert-OH is 2. The Morgan fingerprint density at radius 3 is 2.15 bits per heavy atom. The van der Waals surface area contributed by atoms with Crippen molar-refractivity contribution >= 4 is 11.9 Å². The topological polar surface area (TPSA) is 104 Å². The summed E-state index contributed by atoms with van der Waals surface area (Å²) in [6.45, 7) is 1.35. The summed E-state index contributed by atoms with van der Waals surface area (Å²) in [5.74, 6) is -5.59. The summed E-state index contributed by atoms with van der Waals surface area (Å²) in [4.78, 5) is 21.8. The first-order chi connectivity index (χ1) is 9.29. The molecule has 0 saturated heterocycles. The standard InChI is InChI=1S/C12H12F2O6/c1-2-20-12(19)10(16)9(15)8-6(13)3-5(11(17)18)4-7(8)14/h3-4,9-10,15-16H,2H2,1H3,(H,17,18). The van der Waals surface area contributed by atoms with Crippen LogP contribution in [-0.2, 0) is 9.53 Å². The van der Waals surface area contributed by atoms with Gasteiger partial charge >= 0.3 is 11.9 Å². The van der Waals surface area contributed by atoms with Crippen molar-refractivity contribution in [3.05, 3.63) is 34.9 Å². The Balaban J connectivity index is 3.13. The lowest BCUT2D eigenvalue weighted by Crippen LogP contribution is -2.31. The largest absolute Gasteiger partial charge is 0.478 e. The van der Waals surface area contributed by atoms with Crippen LogP contribution in [0.1, 0.15) is 28.9 Å². The van der Waals surface area contributed by atoms with Gasteiger partial charge in [0.05, 0.1) is 17.7 Å². The molecule has 20 heavy (non-hydrogen) atoms. The van der Waals surface area contributed by atoms with E-state index in [1.807, 2.05) is 0 Å². The Morgan fingerprint density at radius 1 is 1.25 bits per heavy atom. The highest BCUT2D eigenvalue weighted by Gasteiger charge is 2.32. The first kappa shape index (κ1) is 16.0. The normalized spacial score (nSPS) is 13.7. The Hall–Kier alpha value is -2.06. The molecule has 8 heteroatoms. The highest BCUT2D eigenvalue weighted by Crippen LogP contribution is 2.25. The number of aromatic carboxylic acids is 1. The SMILES string of the molecule is CCOC(=O)C(O)C(O)c1c(F)cc(C(=O)O)cc1F. The molecule has 0 radical (unpaired) electrons. The molecule has 1 rings (SSSR count). The van der Waals surface area contributed by atoms with Gasteiger partial charge in [-0.2, -0.15) is 0 Å². The van der Waals surface area contributed by atoms with Gasteiger partial charge in [0, 0.05) is 0 Å². The molecule has 0 saturated carbocycles. The number of rotatable bonds is 5. The second kappa shape index (κ2) is 6.40. The van der Waals surface area contributed by atoms with Gasteiger partial charge in [-0.05, 0) is 19.1 Å². The summed E-state index contributed by atoms with van der Waals surface area (Å²) < 4.78 is 31.6. The Kier molecular flexibility index (Phi) is 5.12. The minimum absolute atomic E-state index is 0.0917. The van der Waals surface area contributed by atoms with Crippen LogP contribution in [0.4, 0.5) is 8.78 Å². The second-order valence-electron chi connectivity index (χ2n) is 3.80. The third-order valence-corrected chi connectivity index (χ3v) is 2.45. The van der Waals surface area contributed by atoms with E-state index in [-0.39, 0.29) is 6.61 Å². The van der Waals surface area contributed by atoms with Crippen molar-refractivity contribution in [2.45, 2.75) is 19.1 Å². The lowest BCUT2D eigenvalue weighted by atomic mass is 10.0. The number of benzene rings is 1. The number of halogens is 2. The first-order valence-corrected chi connectivity index (χ1v) is 5.54. The van der Waals surface area contributed by atoms with Gasteiger partial charge in [-0.1, -0.05) is 0 Å². The lowest BCUT2D eigenvalue weighted by molar-refractivity contribution is -0.159. The third-order valence-electron chi connectivity index (χ3n) is 2.45. The molecule has 1 aromatic carbocycles.